The molecule has 2 rings (SSSR count). The number of likely N-dealkylation sites (tertiary alicyclic amines) is 1. The summed E-state index contributed by atoms with van der Waals surface area (Å²) in [4.78, 5) is 25.0. The van der Waals surface area contributed by atoms with Gasteiger partial charge in [-0.3, -0.25) is 0 Å². The Morgan fingerprint density at radius 3 is 2.57 bits per heavy atom. The molecule has 1 aliphatic heterocycles. The Morgan fingerprint density at radius 1 is 1.33 bits per heavy atom. The molecule has 0 aromatic heterocycles. The molecule has 112 valence electrons. The maximum Gasteiger partial charge on any atom is 0.410 e. The van der Waals surface area contributed by atoms with Gasteiger partial charge in [-0.15, -0.1) is 0 Å². The van der Waals surface area contributed by atoms with Crippen molar-refractivity contribution in [1.82, 2.24) is 4.90 Å². The van der Waals surface area contributed by atoms with Crippen molar-refractivity contribution in [3.05, 3.63) is 41.5 Å². The highest BCUT2D eigenvalue weighted by molar-refractivity contribution is 5.72. The number of nitrogens with zero attached hydrogens (tertiary/aromatic N) is 1. The lowest BCUT2D eigenvalue weighted by Crippen LogP contribution is -2.41. The fourth-order valence-electron chi connectivity index (χ4n) is 2.48. The van der Waals surface area contributed by atoms with Gasteiger partial charge in [0, 0.05) is 12.1 Å². The zero-order chi connectivity index (χ0) is 15.5. The number of carbonyl (C=O) groups excluding carboxylic acids is 2. The van der Waals surface area contributed by atoms with E-state index in [1.165, 1.54) is 0 Å². The van der Waals surface area contributed by atoms with Crippen LogP contribution in [0.3, 0.4) is 0 Å². The number of benzene rings is 1. The molecule has 1 fully saturated rings. The molecule has 1 saturated heterocycles. The number of carbonyl (C=O) groups is 1. The molecule has 0 spiro atoms. The first-order valence-corrected chi connectivity index (χ1v) is 7.18. The molecular formula is C17H21NO3. The Balaban J connectivity index is 2.17. The average molecular weight is 287 g/mol. The zero-order valence-corrected chi connectivity index (χ0v) is 12.8. The van der Waals surface area contributed by atoms with Gasteiger partial charge in [0.05, 0.1) is 6.04 Å². The van der Waals surface area contributed by atoms with Crippen molar-refractivity contribution < 1.29 is 14.3 Å². The molecule has 0 unspecified atom stereocenters. The van der Waals surface area contributed by atoms with Crippen molar-refractivity contribution in [3.63, 3.8) is 0 Å². The van der Waals surface area contributed by atoms with E-state index in [-0.39, 0.29) is 12.1 Å². The molecule has 0 radical (unpaired) electrons. The number of hydrogen-bond donors (Lipinski definition) is 0. The Kier molecular flexibility index (Phi) is 4.49. The van der Waals surface area contributed by atoms with Crippen LogP contribution in [-0.4, -0.2) is 35.1 Å². The Bertz CT molecular complexity index is 553. The summed E-state index contributed by atoms with van der Waals surface area (Å²) in [5, 5.41) is 0. The lowest BCUT2D eigenvalue weighted by Gasteiger charge is -2.28. The molecule has 1 aromatic carbocycles. The fourth-order valence-corrected chi connectivity index (χ4v) is 2.48. The van der Waals surface area contributed by atoms with Gasteiger partial charge < -0.3 is 9.64 Å². The van der Waals surface area contributed by atoms with Crippen LogP contribution in [0, 0.1) is 0 Å². The second-order valence-corrected chi connectivity index (χ2v) is 6.26. The van der Waals surface area contributed by atoms with Gasteiger partial charge in [-0.25, -0.2) is 9.59 Å². The fraction of sp³-hybridized carbons (Fsp3) is 0.471. The van der Waals surface area contributed by atoms with Gasteiger partial charge in [0.2, 0.25) is 0 Å². The minimum absolute atomic E-state index is 0.250. The van der Waals surface area contributed by atoms with Crippen LogP contribution in [0.4, 0.5) is 4.79 Å². The molecule has 1 amide bonds. The van der Waals surface area contributed by atoms with Gasteiger partial charge in [-0.1, -0.05) is 30.3 Å². The summed E-state index contributed by atoms with van der Waals surface area (Å²) in [6.07, 6.45) is 0.818. The molecule has 4 nitrogen and oxygen atoms in total. The van der Waals surface area contributed by atoms with E-state index in [1.54, 1.807) is 4.90 Å². The Labute approximate surface area is 125 Å². The van der Waals surface area contributed by atoms with Crippen molar-refractivity contribution in [3.8, 4) is 0 Å². The highest BCUT2D eigenvalue weighted by Crippen LogP contribution is 2.26. The van der Waals surface area contributed by atoms with Crippen LogP contribution in [0.2, 0.25) is 0 Å². The largest absolute Gasteiger partial charge is 0.444 e. The van der Waals surface area contributed by atoms with E-state index < -0.39 is 5.60 Å². The second kappa shape index (κ2) is 6.15. The molecule has 1 heterocycles. The molecule has 1 aromatic rings. The van der Waals surface area contributed by atoms with Crippen LogP contribution >= 0.6 is 0 Å². The summed E-state index contributed by atoms with van der Waals surface area (Å²) in [5.41, 5.74) is 1.19. The highest BCUT2D eigenvalue weighted by atomic mass is 16.6. The van der Waals surface area contributed by atoms with Crippen molar-refractivity contribution in [1.29, 1.82) is 0 Å². The quantitative estimate of drug-likeness (QED) is 0.786. The van der Waals surface area contributed by atoms with Crippen molar-refractivity contribution in [2.45, 2.75) is 45.3 Å². The highest BCUT2D eigenvalue weighted by Gasteiger charge is 2.36. The molecule has 1 atom stereocenters. The number of ether oxygens (including phenoxy) is 1. The van der Waals surface area contributed by atoms with Gasteiger partial charge >= 0.3 is 6.09 Å². The minimum Gasteiger partial charge on any atom is -0.444 e. The maximum atomic E-state index is 12.3. The molecular weight excluding hydrogens is 266 g/mol. The van der Waals surface area contributed by atoms with Gasteiger partial charge in [0.15, 0.2) is 0 Å². The molecule has 0 N–H and O–H groups in total. The van der Waals surface area contributed by atoms with Crippen LogP contribution in [0.5, 0.6) is 0 Å². The predicted octanol–water partition coefficient (Wildman–Crippen LogP) is 3.00. The van der Waals surface area contributed by atoms with Crippen molar-refractivity contribution in [2.75, 3.05) is 6.54 Å². The van der Waals surface area contributed by atoms with E-state index in [0.717, 1.165) is 5.56 Å². The first kappa shape index (κ1) is 15.3. The van der Waals surface area contributed by atoms with E-state index in [9.17, 15) is 9.59 Å². The van der Waals surface area contributed by atoms with E-state index in [4.69, 9.17) is 4.74 Å². The van der Waals surface area contributed by atoms with E-state index in [0.29, 0.717) is 25.0 Å². The Hall–Kier alpha value is -2.06. The van der Waals surface area contributed by atoms with Gasteiger partial charge in [0.25, 0.3) is 0 Å². The maximum absolute atomic E-state index is 12.3. The summed E-state index contributed by atoms with van der Waals surface area (Å²) < 4.78 is 5.43. The first-order valence-electron chi connectivity index (χ1n) is 7.18. The van der Waals surface area contributed by atoms with Crippen LogP contribution in [0.15, 0.2) is 35.9 Å². The molecule has 4 heteroatoms. The minimum atomic E-state index is -0.540. The topological polar surface area (TPSA) is 46.6 Å². The zero-order valence-electron chi connectivity index (χ0n) is 12.8. The van der Waals surface area contributed by atoms with Crippen LogP contribution in [0.25, 0.3) is 0 Å². The monoisotopic (exact) mass is 287 g/mol. The Morgan fingerprint density at radius 2 is 2.00 bits per heavy atom. The van der Waals surface area contributed by atoms with E-state index >= 15 is 0 Å². The summed E-state index contributed by atoms with van der Waals surface area (Å²) in [5.74, 6) is 2.00. The van der Waals surface area contributed by atoms with Crippen LogP contribution < -0.4 is 0 Å². The summed E-state index contributed by atoms with van der Waals surface area (Å²) in [6, 6.07) is 9.58. The van der Waals surface area contributed by atoms with Crippen LogP contribution in [-0.2, 0) is 16.0 Å². The predicted molar refractivity (Wildman–Crippen MR) is 80.7 cm³/mol. The summed E-state index contributed by atoms with van der Waals surface area (Å²) in [6.45, 7) is 6.02. The van der Waals surface area contributed by atoms with Gasteiger partial charge in [-0.05, 0) is 39.2 Å². The molecule has 21 heavy (non-hydrogen) atoms. The summed E-state index contributed by atoms with van der Waals surface area (Å²) in [7, 11) is 0. The summed E-state index contributed by atoms with van der Waals surface area (Å²) >= 11 is 0. The SMILES string of the molecule is CC(C)(C)OC(=O)N1CCC(=C=O)[C@@H]1Cc1ccccc1. The van der Waals surface area contributed by atoms with Gasteiger partial charge in [0.1, 0.15) is 11.5 Å². The number of rotatable bonds is 2. The lowest BCUT2D eigenvalue weighted by atomic mass is 10.0. The first-order chi connectivity index (χ1) is 9.90. The lowest BCUT2D eigenvalue weighted by molar-refractivity contribution is 0.0239. The third-order valence-electron chi connectivity index (χ3n) is 3.43. The average Bonchev–Trinajstić information content (AvgIpc) is 2.81. The third-order valence-corrected chi connectivity index (χ3v) is 3.43. The van der Waals surface area contributed by atoms with E-state index in [2.05, 4.69) is 0 Å². The van der Waals surface area contributed by atoms with Crippen LogP contribution in [0.1, 0.15) is 32.8 Å². The second-order valence-electron chi connectivity index (χ2n) is 6.26. The smallest absolute Gasteiger partial charge is 0.410 e. The number of amides is 1. The molecule has 0 aliphatic carbocycles. The van der Waals surface area contributed by atoms with Crippen molar-refractivity contribution >= 4 is 12.0 Å². The van der Waals surface area contributed by atoms with E-state index in [1.807, 2.05) is 57.0 Å². The molecule has 0 saturated carbocycles. The normalized spacial score (nSPS) is 18.5. The standard InChI is InChI=1S/C17H21NO3/c1-17(2,3)21-16(20)18-10-9-14(12-19)15(18)11-13-7-5-4-6-8-13/h4-8,15H,9-11H2,1-3H3/t15-/m0/s1. The molecule has 1 aliphatic rings. The number of hydrogen-bond acceptors (Lipinski definition) is 3. The van der Waals surface area contributed by atoms with Gasteiger partial charge in [-0.2, -0.15) is 0 Å². The third kappa shape index (κ3) is 3.96. The molecule has 0 bridgehead atoms. The van der Waals surface area contributed by atoms with Crippen molar-refractivity contribution in [2.24, 2.45) is 0 Å².